The number of rotatable bonds is 7. The second-order valence-electron chi connectivity index (χ2n) is 4.67. The molecule has 1 heterocycles. The maximum Gasteiger partial charge on any atom is 0.256 e. The molecule has 0 atom stereocenters. The third-order valence-corrected chi connectivity index (χ3v) is 3.49. The summed E-state index contributed by atoms with van der Waals surface area (Å²) < 4.78 is 5.92. The zero-order valence-electron chi connectivity index (χ0n) is 12.3. The van der Waals surface area contributed by atoms with Crippen molar-refractivity contribution >= 4 is 33.3 Å². The molecule has 1 amide bonds. The van der Waals surface area contributed by atoms with Crippen LogP contribution in [-0.4, -0.2) is 31.2 Å². The Balaban J connectivity index is 1.88. The van der Waals surface area contributed by atoms with Gasteiger partial charge in [0, 0.05) is 30.3 Å². The molecule has 1 aromatic heterocycles. The molecule has 0 bridgehead atoms. The topological polar surface area (TPSA) is 63.2 Å². The fourth-order valence-electron chi connectivity index (χ4n) is 1.81. The molecule has 2 rings (SSSR count). The van der Waals surface area contributed by atoms with Gasteiger partial charge < -0.3 is 15.4 Å². The van der Waals surface area contributed by atoms with Crippen molar-refractivity contribution in [2.75, 3.05) is 30.9 Å². The number of methoxy groups -OCH3 is 1. The second-order valence-corrected chi connectivity index (χ2v) is 5.58. The molecule has 0 aliphatic rings. The van der Waals surface area contributed by atoms with Crippen molar-refractivity contribution in [1.82, 2.24) is 4.98 Å². The Morgan fingerprint density at radius 1 is 1.23 bits per heavy atom. The van der Waals surface area contributed by atoms with E-state index in [2.05, 4.69) is 31.5 Å². The zero-order valence-corrected chi connectivity index (χ0v) is 13.9. The summed E-state index contributed by atoms with van der Waals surface area (Å²) in [6.07, 6.45) is 2.63. The number of nitrogens with zero attached hydrogens (tertiary/aromatic N) is 1. The van der Waals surface area contributed by atoms with Gasteiger partial charge in [0.25, 0.3) is 5.91 Å². The molecule has 0 radical (unpaired) electrons. The standard InChI is InChI=1S/C16H18BrN3O2/c1-22-10-2-9-18-14-7-8-15(19-11-14)20-16(21)12-3-5-13(17)6-4-12/h3-8,11,18H,2,9-10H2,1H3,(H,19,20,21). The summed E-state index contributed by atoms with van der Waals surface area (Å²) in [7, 11) is 1.68. The Kier molecular flexibility index (Phi) is 6.36. The fraction of sp³-hybridized carbons (Fsp3) is 0.250. The van der Waals surface area contributed by atoms with Crippen LogP contribution in [0.4, 0.5) is 11.5 Å². The molecule has 116 valence electrons. The number of carbonyl (C=O) groups is 1. The summed E-state index contributed by atoms with van der Waals surface area (Å²) in [4.78, 5) is 16.3. The number of pyridine rings is 1. The number of aromatic nitrogens is 1. The first-order valence-electron chi connectivity index (χ1n) is 6.95. The summed E-state index contributed by atoms with van der Waals surface area (Å²) in [5.41, 5.74) is 1.50. The van der Waals surface area contributed by atoms with E-state index in [1.807, 2.05) is 18.2 Å². The van der Waals surface area contributed by atoms with Crippen LogP contribution < -0.4 is 10.6 Å². The fourth-order valence-corrected chi connectivity index (χ4v) is 2.08. The van der Waals surface area contributed by atoms with Crippen LogP contribution in [0.5, 0.6) is 0 Å². The van der Waals surface area contributed by atoms with Crippen LogP contribution in [0.3, 0.4) is 0 Å². The summed E-state index contributed by atoms with van der Waals surface area (Å²) >= 11 is 3.34. The minimum Gasteiger partial charge on any atom is -0.385 e. The number of halogens is 1. The molecule has 22 heavy (non-hydrogen) atoms. The minimum absolute atomic E-state index is 0.180. The summed E-state index contributed by atoms with van der Waals surface area (Å²) in [6, 6.07) is 10.8. The van der Waals surface area contributed by atoms with Gasteiger partial charge in [-0.15, -0.1) is 0 Å². The normalized spacial score (nSPS) is 10.3. The molecule has 0 saturated carbocycles. The lowest BCUT2D eigenvalue weighted by Gasteiger charge is -2.08. The van der Waals surface area contributed by atoms with Crippen LogP contribution in [0, 0.1) is 0 Å². The van der Waals surface area contributed by atoms with Crippen LogP contribution >= 0.6 is 15.9 Å². The van der Waals surface area contributed by atoms with E-state index in [4.69, 9.17) is 4.74 Å². The lowest BCUT2D eigenvalue weighted by Crippen LogP contribution is -2.13. The van der Waals surface area contributed by atoms with Gasteiger partial charge in [0.05, 0.1) is 11.9 Å². The number of amides is 1. The summed E-state index contributed by atoms with van der Waals surface area (Å²) in [6.45, 7) is 1.54. The first-order chi connectivity index (χ1) is 10.7. The average Bonchev–Trinajstić information content (AvgIpc) is 2.54. The third kappa shape index (κ3) is 5.13. The molecule has 6 heteroatoms. The van der Waals surface area contributed by atoms with Crippen LogP contribution in [-0.2, 0) is 4.74 Å². The van der Waals surface area contributed by atoms with Crippen molar-refractivity contribution in [3.8, 4) is 0 Å². The largest absolute Gasteiger partial charge is 0.385 e. The van der Waals surface area contributed by atoms with E-state index in [0.29, 0.717) is 11.4 Å². The van der Waals surface area contributed by atoms with Gasteiger partial charge in [0.2, 0.25) is 0 Å². The maximum atomic E-state index is 12.1. The van der Waals surface area contributed by atoms with Gasteiger partial charge in [0.15, 0.2) is 0 Å². The Hall–Kier alpha value is -1.92. The highest BCUT2D eigenvalue weighted by molar-refractivity contribution is 9.10. The average molecular weight is 364 g/mol. The Bertz CT molecular complexity index is 600. The van der Waals surface area contributed by atoms with Gasteiger partial charge in [-0.25, -0.2) is 4.98 Å². The SMILES string of the molecule is COCCCNc1ccc(NC(=O)c2ccc(Br)cc2)nc1. The van der Waals surface area contributed by atoms with Crippen LogP contribution in [0.2, 0.25) is 0 Å². The third-order valence-electron chi connectivity index (χ3n) is 2.97. The maximum absolute atomic E-state index is 12.1. The van der Waals surface area contributed by atoms with Crippen LogP contribution in [0.25, 0.3) is 0 Å². The van der Waals surface area contributed by atoms with Crippen LogP contribution in [0.15, 0.2) is 47.1 Å². The molecule has 0 fully saturated rings. The first kappa shape index (κ1) is 16.5. The molecule has 1 aromatic carbocycles. The Morgan fingerprint density at radius 3 is 2.64 bits per heavy atom. The highest BCUT2D eigenvalue weighted by Crippen LogP contribution is 2.13. The van der Waals surface area contributed by atoms with Crippen LogP contribution in [0.1, 0.15) is 16.8 Å². The smallest absolute Gasteiger partial charge is 0.256 e. The van der Waals surface area contributed by atoms with Crippen molar-refractivity contribution in [3.63, 3.8) is 0 Å². The monoisotopic (exact) mass is 363 g/mol. The number of hydrogen-bond acceptors (Lipinski definition) is 4. The molecule has 2 aromatic rings. The zero-order chi connectivity index (χ0) is 15.8. The van der Waals surface area contributed by atoms with Gasteiger partial charge in [-0.2, -0.15) is 0 Å². The molecule has 0 unspecified atom stereocenters. The molecule has 5 nitrogen and oxygen atoms in total. The van der Waals surface area contributed by atoms with Gasteiger partial charge in [-0.3, -0.25) is 4.79 Å². The predicted octanol–water partition coefficient (Wildman–Crippen LogP) is 3.54. The molecular formula is C16H18BrN3O2. The molecule has 0 spiro atoms. The van der Waals surface area contributed by atoms with E-state index in [1.165, 1.54) is 0 Å². The molecule has 0 saturated heterocycles. The van der Waals surface area contributed by atoms with E-state index in [0.717, 1.165) is 29.7 Å². The molecule has 2 N–H and O–H groups in total. The number of benzene rings is 1. The summed E-state index contributed by atoms with van der Waals surface area (Å²) in [5.74, 6) is 0.344. The lowest BCUT2D eigenvalue weighted by atomic mass is 10.2. The first-order valence-corrected chi connectivity index (χ1v) is 7.74. The Morgan fingerprint density at radius 2 is 2.00 bits per heavy atom. The molecular weight excluding hydrogens is 346 g/mol. The molecule has 0 aliphatic carbocycles. The number of anilines is 2. The number of ether oxygens (including phenoxy) is 1. The highest BCUT2D eigenvalue weighted by Gasteiger charge is 2.06. The minimum atomic E-state index is -0.180. The number of carbonyl (C=O) groups excluding carboxylic acids is 1. The van der Waals surface area contributed by atoms with Crippen molar-refractivity contribution in [2.45, 2.75) is 6.42 Å². The summed E-state index contributed by atoms with van der Waals surface area (Å²) in [5, 5.41) is 6.01. The predicted molar refractivity (Wildman–Crippen MR) is 91.3 cm³/mol. The van der Waals surface area contributed by atoms with Crippen molar-refractivity contribution in [2.24, 2.45) is 0 Å². The van der Waals surface area contributed by atoms with Gasteiger partial charge in [-0.05, 0) is 42.8 Å². The van der Waals surface area contributed by atoms with Crippen molar-refractivity contribution < 1.29 is 9.53 Å². The van der Waals surface area contributed by atoms with Gasteiger partial charge in [-0.1, -0.05) is 15.9 Å². The van der Waals surface area contributed by atoms with E-state index in [-0.39, 0.29) is 5.91 Å². The van der Waals surface area contributed by atoms with Crippen molar-refractivity contribution in [1.29, 1.82) is 0 Å². The highest BCUT2D eigenvalue weighted by atomic mass is 79.9. The lowest BCUT2D eigenvalue weighted by molar-refractivity contribution is 0.102. The van der Waals surface area contributed by atoms with Crippen molar-refractivity contribution in [3.05, 3.63) is 52.6 Å². The second kappa shape index (κ2) is 8.51. The van der Waals surface area contributed by atoms with E-state index in [9.17, 15) is 4.79 Å². The van der Waals surface area contributed by atoms with Gasteiger partial charge >= 0.3 is 0 Å². The van der Waals surface area contributed by atoms with E-state index < -0.39 is 0 Å². The number of hydrogen-bond donors (Lipinski definition) is 2. The molecule has 0 aliphatic heterocycles. The van der Waals surface area contributed by atoms with Gasteiger partial charge in [0.1, 0.15) is 5.82 Å². The number of nitrogens with one attached hydrogen (secondary N) is 2. The quantitative estimate of drug-likeness (QED) is 0.738. The Labute approximate surface area is 138 Å². The van der Waals surface area contributed by atoms with E-state index in [1.54, 1.807) is 31.5 Å². The van der Waals surface area contributed by atoms with E-state index >= 15 is 0 Å².